The SMILES string of the molecule is CCOc1ccc([C@@H](CO)N2CCCCC2)cc1. The highest BCUT2D eigenvalue weighted by molar-refractivity contribution is 5.29. The number of nitrogens with zero attached hydrogens (tertiary/aromatic N) is 1. The van der Waals surface area contributed by atoms with E-state index in [2.05, 4.69) is 17.0 Å². The van der Waals surface area contributed by atoms with Gasteiger partial charge in [0.2, 0.25) is 0 Å². The number of hydrogen-bond donors (Lipinski definition) is 1. The van der Waals surface area contributed by atoms with Gasteiger partial charge in [-0.2, -0.15) is 0 Å². The van der Waals surface area contributed by atoms with Gasteiger partial charge in [0.05, 0.1) is 19.3 Å². The second-order valence-corrected chi connectivity index (χ2v) is 4.80. The predicted octanol–water partition coefficient (Wildman–Crippen LogP) is 2.60. The van der Waals surface area contributed by atoms with Gasteiger partial charge in [0.15, 0.2) is 0 Å². The quantitative estimate of drug-likeness (QED) is 0.870. The summed E-state index contributed by atoms with van der Waals surface area (Å²) in [4.78, 5) is 2.39. The second kappa shape index (κ2) is 6.76. The molecule has 3 nitrogen and oxygen atoms in total. The first-order valence-electron chi connectivity index (χ1n) is 6.93. The lowest BCUT2D eigenvalue weighted by molar-refractivity contribution is 0.104. The number of aliphatic hydroxyl groups is 1. The van der Waals surface area contributed by atoms with E-state index in [4.69, 9.17) is 4.74 Å². The number of ether oxygens (including phenoxy) is 1. The largest absolute Gasteiger partial charge is 0.494 e. The lowest BCUT2D eigenvalue weighted by atomic mass is 10.0. The van der Waals surface area contributed by atoms with Gasteiger partial charge in [-0.1, -0.05) is 18.6 Å². The maximum absolute atomic E-state index is 9.63. The molecule has 1 saturated heterocycles. The van der Waals surface area contributed by atoms with Crippen molar-refractivity contribution in [1.82, 2.24) is 4.90 Å². The standard InChI is InChI=1S/C15H23NO2/c1-2-18-14-8-6-13(7-9-14)15(12-17)16-10-4-3-5-11-16/h6-9,15,17H,2-5,10-12H2,1H3/t15-/m1/s1. The molecule has 1 aliphatic heterocycles. The molecule has 0 aromatic heterocycles. The van der Waals surface area contributed by atoms with Crippen LogP contribution in [-0.2, 0) is 0 Å². The molecule has 0 spiro atoms. The van der Waals surface area contributed by atoms with Crippen molar-refractivity contribution in [1.29, 1.82) is 0 Å². The molecule has 1 heterocycles. The summed E-state index contributed by atoms with van der Waals surface area (Å²) >= 11 is 0. The van der Waals surface area contributed by atoms with E-state index < -0.39 is 0 Å². The van der Waals surface area contributed by atoms with Crippen LogP contribution in [0, 0.1) is 0 Å². The van der Waals surface area contributed by atoms with E-state index in [1.807, 2.05) is 19.1 Å². The molecule has 1 atom stereocenters. The highest BCUT2D eigenvalue weighted by atomic mass is 16.5. The topological polar surface area (TPSA) is 32.7 Å². The molecule has 2 rings (SSSR count). The lowest BCUT2D eigenvalue weighted by Gasteiger charge is -2.33. The third-order valence-electron chi connectivity index (χ3n) is 3.58. The summed E-state index contributed by atoms with van der Waals surface area (Å²) in [6.07, 6.45) is 3.80. The van der Waals surface area contributed by atoms with Crippen LogP contribution in [0.4, 0.5) is 0 Å². The molecule has 0 unspecified atom stereocenters. The highest BCUT2D eigenvalue weighted by Gasteiger charge is 2.21. The predicted molar refractivity (Wildman–Crippen MR) is 72.9 cm³/mol. The zero-order chi connectivity index (χ0) is 12.8. The Morgan fingerprint density at radius 2 is 1.83 bits per heavy atom. The number of benzene rings is 1. The van der Waals surface area contributed by atoms with Crippen LogP contribution in [0.2, 0.25) is 0 Å². The molecule has 1 fully saturated rings. The Labute approximate surface area is 109 Å². The van der Waals surface area contributed by atoms with E-state index in [9.17, 15) is 5.11 Å². The number of hydrogen-bond acceptors (Lipinski definition) is 3. The van der Waals surface area contributed by atoms with Gasteiger partial charge in [-0.05, 0) is 50.6 Å². The van der Waals surface area contributed by atoms with Gasteiger partial charge in [0.25, 0.3) is 0 Å². The van der Waals surface area contributed by atoms with E-state index in [0.29, 0.717) is 6.61 Å². The first-order chi connectivity index (χ1) is 8.85. The van der Waals surface area contributed by atoms with Crippen LogP contribution in [0.25, 0.3) is 0 Å². The summed E-state index contributed by atoms with van der Waals surface area (Å²) in [5, 5.41) is 9.63. The Hall–Kier alpha value is -1.06. The number of aliphatic hydroxyl groups excluding tert-OH is 1. The summed E-state index contributed by atoms with van der Waals surface area (Å²) in [5.41, 5.74) is 1.18. The van der Waals surface area contributed by atoms with Crippen molar-refractivity contribution in [2.24, 2.45) is 0 Å². The molecule has 0 amide bonds. The molecule has 0 radical (unpaired) electrons. The Balaban J connectivity index is 2.06. The molecule has 0 saturated carbocycles. The molecule has 1 aliphatic rings. The average molecular weight is 249 g/mol. The van der Waals surface area contributed by atoms with Crippen LogP contribution >= 0.6 is 0 Å². The summed E-state index contributed by atoms with van der Waals surface area (Å²) < 4.78 is 5.44. The molecule has 0 bridgehead atoms. The molecule has 1 aromatic rings. The summed E-state index contributed by atoms with van der Waals surface area (Å²) in [6, 6.07) is 8.26. The van der Waals surface area contributed by atoms with E-state index >= 15 is 0 Å². The van der Waals surface area contributed by atoms with Gasteiger partial charge in [0, 0.05) is 0 Å². The van der Waals surface area contributed by atoms with Crippen molar-refractivity contribution < 1.29 is 9.84 Å². The highest BCUT2D eigenvalue weighted by Crippen LogP contribution is 2.25. The Bertz CT molecular complexity index is 344. The zero-order valence-corrected chi connectivity index (χ0v) is 11.1. The zero-order valence-electron chi connectivity index (χ0n) is 11.1. The van der Waals surface area contributed by atoms with Crippen molar-refractivity contribution in [2.45, 2.75) is 32.2 Å². The molecule has 100 valence electrons. The van der Waals surface area contributed by atoms with Crippen molar-refractivity contribution >= 4 is 0 Å². The van der Waals surface area contributed by atoms with Crippen molar-refractivity contribution in [3.63, 3.8) is 0 Å². The normalized spacial score (nSPS) is 18.6. The molecular formula is C15H23NO2. The Kier molecular flexibility index (Phi) is 5.02. The first kappa shape index (κ1) is 13.4. The second-order valence-electron chi connectivity index (χ2n) is 4.80. The maximum Gasteiger partial charge on any atom is 0.119 e. The van der Waals surface area contributed by atoms with Crippen LogP contribution in [-0.4, -0.2) is 36.3 Å². The molecule has 18 heavy (non-hydrogen) atoms. The van der Waals surface area contributed by atoms with E-state index in [0.717, 1.165) is 18.8 Å². The van der Waals surface area contributed by atoms with Crippen molar-refractivity contribution in [3.05, 3.63) is 29.8 Å². The smallest absolute Gasteiger partial charge is 0.119 e. The molecule has 3 heteroatoms. The fourth-order valence-electron chi connectivity index (χ4n) is 2.61. The number of piperidine rings is 1. The molecule has 1 aromatic carbocycles. The Morgan fingerprint density at radius 1 is 1.17 bits per heavy atom. The van der Waals surface area contributed by atoms with E-state index in [1.54, 1.807) is 0 Å². The van der Waals surface area contributed by atoms with Crippen LogP contribution in [0.15, 0.2) is 24.3 Å². The fraction of sp³-hybridized carbons (Fsp3) is 0.600. The fourth-order valence-corrected chi connectivity index (χ4v) is 2.61. The van der Waals surface area contributed by atoms with Crippen molar-refractivity contribution in [2.75, 3.05) is 26.3 Å². The van der Waals surface area contributed by atoms with Crippen LogP contribution in [0.1, 0.15) is 37.8 Å². The summed E-state index contributed by atoms with van der Waals surface area (Å²) in [6.45, 7) is 5.05. The minimum absolute atomic E-state index is 0.140. The van der Waals surface area contributed by atoms with Gasteiger partial charge in [0.1, 0.15) is 5.75 Å². The third kappa shape index (κ3) is 3.24. The Morgan fingerprint density at radius 3 is 2.39 bits per heavy atom. The average Bonchev–Trinajstić information content (AvgIpc) is 2.43. The van der Waals surface area contributed by atoms with E-state index in [1.165, 1.54) is 24.8 Å². The van der Waals surface area contributed by atoms with Gasteiger partial charge in [-0.25, -0.2) is 0 Å². The van der Waals surface area contributed by atoms with Crippen molar-refractivity contribution in [3.8, 4) is 5.75 Å². The molecule has 0 aliphatic carbocycles. The molecular weight excluding hydrogens is 226 g/mol. The van der Waals surface area contributed by atoms with Crippen LogP contribution in [0.3, 0.4) is 0 Å². The third-order valence-corrected chi connectivity index (χ3v) is 3.58. The lowest BCUT2D eigenvalue weighted by Crippen LogP contribution is -2.35. The van der Waals surface area contributed by atoms with Gasteiger partial charge in [-0.3, -0.25) is 4.90 Å². The number of rotatable bonds is 5. The van der Waals surface area contributed by atoms with Gasteiger partial charge in [-0.15, -0.1) is 0 Å². The van der Waals surface area contributed by atoms with Crippen LogP contribution in [0.5, 0.6) is 5.75 Å². The van der Waals surface area contributed by atoms with Crippen LogP contribution < -0.4 is 4.74 Å². The minimum atomic E-state index is 0.140. The first-order valence-corrected chi connectivity index (χ1v) is 6.93. The molecule has 1 N–H and O–H groups in total. The van der Waals surface area contributed by atoms with E-state index in [-0.39, 0.29) is 12.6 Å². The number of likely N-dealkylation sites (tertiary alicyclic amines) is 1. The van der Waals surface area contributed by atoms with Gasteiger partial charge < -0.3 is 9.84 Å². The van der Waals surface area contributed by atoms with Gasteiger partial charge >= 0.3 is 0 Å². The summed E-state index contributed by atoms with van der Waals surface area (Å²) in [5.74, 6) is 0.900. The maximum atomic E-state index is 9.63. The summed E-state index contributed by atoms with van der Waals surface area (Å²) in [7, 11) is 0. The monoisotopic (exact) mass is 249 g/mol. The minimum Gasteiger partial charge on any atom is -0.494 e.